The predicted octanol–water partition coefficient (Wildman–Crippen LogP) is 4.20. The summed E-state index contributed by atoms with van der Waals surface area (Å²) in [6, 6.07) is 7.97. The molecule has 0 unspecified atom stereocenters. The molecular weight excluding hydrogens is 384 g/mol. The highest BCUT2D eigenvalue weighted by Crippen LogP contribution is 2.42. The summed E-state index contributed by atoms with van der Waals surface area (Å²) in [5.74, 6) is 0.985. The van der Waals surface area contributed by atoms with Gasteiger partial charge in [-0.2, -0.15) is 0 Å². The summed E-state index contributed by atoms with van der Waals surface area (Å²) in [5, 5.41) is 5.06. The second kappa shape index (κ2) is 7.22. The molecule has 1 amide bonds. The monoisotopic (exact) mass is 410 g/mol. The van der Waals surface area contributed by atoms with E-state index >= 15 is 0 Å². The topological polar surface area (TPSA) is 82.2 Å². The van der Waals surface area contributed by atoms with Gasteiger partial charge in [-0.15, -0.1) is 11.3 Å². The van der Waals surface area contributed by atoms with Crippen molar-refractivity contribution in [1.82, 2.24) is 14.9 Å². The largest absolute Gasteiger partial charge is 0.495 e. The van der Waals surface area contributed by atoms with Gasteiger partial charge in [-0.25, -0.2) is 4.98 Å². The average Bonchev–Trinajstić information content (AvgIpc) is 3.32. The number of imidazole rings is 1. The number of carbonyl (C=O) groups is 1. The number of ether oxygens (including phenoxy) is 1. The van der Waals surface area contributed by atoms with Crippen molar-refractivity contribution in [2.24, 2.45) is 5.41 Å². The van der Waals surface area contributed by atoms with E-state index in [0.29, 0.717) is 30.4 Å². The number of fused-ring (bicyclic) bond motifs is 3. The molecule has 1 aliphatic rings. The quantitative estimate of drug-likeness (QED) is 0.632. The summed E-state index contributed by atoms with van der Waals surface area (Å²) in [6.07, 6.45) is 0.790. The highest BCUT2D eigenvalue weighted by atomic mass is 32.1. The highest BCUT2D eigenvalue weighted by Gasteiger charge is 2.29. The Morgan fingerprint density at radius 2 is 2.17 bits per heavy atom. The molecule has 7 heteroatoms. The summed E-state index contributed by atoms with van der Waals surface area (Å²) >= 11 is 1.61. The molecule has 0 saturated heterocycles. The third-order valence-corrected chi connectivity index (χ3v) is 5.90. The first-order valence-corrected chi connectivity index (χ1v) is 10.6. The van der Waals surface area contributed by atoms with E-state index < -0.39 is 0 Å². The number of hydrogen-bond acceptors (Lipinski definition) is 5. The van der Waals surface area contributed by atoms with Gasteiger partial charge in [-0.05, 0) is 41.0 Å². The lowest BCUT2D eigenvalue weighted by atomic mass is 9.95. The SMILES string of the molecule is COc1cc2c(cc1N)-c1c(-c3cccs3)nc(C(=O)NCC(C)(C)C)n1CC2. The maximum absolute atomic E-state index is 13.0. The van der Waals surface area contributed by atoms with Crippen LogP contribution < -0.4 is 15.8 Å². The first kappa shape index (κ1) is 19.5. The van der Waals surface area contributed by atoms with E-state index in [0.717, 1.165) is 33.8 Å². The maximum atomic E-state index is 13.0. The Bertz CT molecular complexity index is 1060. The van der Waals surface area contributed by atoms with E-state index in [1.54, 1.807) is 18.4 Å². The second-order valence-electron chi connectivity index (χ2n) is 8.51. The minimum absolute atomic E-state index is 0.00116. The van der Waals surface area contributed by atoms with Crippen LogP contribution in [-0.4, -0.2) is 29.1 Å². The van der Waals surface area contributed by atoms with Gasteiger partial charge < -0.3 is 20.4 Å². The molecule has 0 saturated carbocycles. The molecule has 3 N–H and O–H groups in total. The molecule has 29 heavy (non-hydrogen) atoms. The normalized spacial score (nSPS) is 13.0. The van der Waals surface area contributed by atoms with Gasteiger partial charge >= 0.3 is 0 Å². The van der Waals surface area contributed by atoms with E-state index in [4.69, 9.17) is 15.5 Å². The first-order valence-electron chi connectivity index (χ1n) is 9.68. The van der Waals surface area contributed by atoms with Crippen LogP contribution in [0.4, 0.5) is 5.69 Å². The number of amides is 1. The molecular formula is C22H26N4O2S. The Morgan fingerprint density at radius 3 is 2.83 bits per heavy atom. The van der Waals surface area contributed by atoms with E-state index in [1.165, 1.54) is 0 Å². The molecule has 4 rings (SSSR count). The Hall–Kier alpha value is -2.80. The third kappa shape index (κ3) is 3.62. The van der Waals surface area contributed by atoms with Crippen LogP contribution in [0.3, 0.4) is 0 Å². The predicted molar refractivity (Wildman–Crippen MR) is 117 cm³/mol. The molecule has 1 aliphatic heterocycles. The lowest BCUT2D eigenvalue weighted by Gasteiger charge is -2.23. The molecule has 0 atom stereocenters. The smallest absolute Gasteiger partial charge is 0.287 e. The minimum Gasteiger partial charge on any atom is -0.495 e. The highest BCUT2D eigenvalue weighted by molar-refractivity contribution is 7.13. The number of aromatic nitrogens is 2. The van der Waals surface area contributed by atoms with Crippen LogP contribution in [0.1, 0.15) is 37.0 Å². The lowest BCUT2D eigenvalue weighted by molar-refractivity contribution is 0.0924. The molecule has 152 valence electrons. The number of anilines is 1. The van der Waals surface area contributed by atoms with Gasteiger partial charge in [0.15, 0.2) is 5.82 Å². The van der Waals surface area contributed by atoms with Crippen LogP contribution in [0, 0.1) is 5.41 Å². The Morgan fingerprint density at radius 1 is 1.38 bits per heavy atom. The molecule has 0 spiro atoms. The number of hydrogen-bond donors (Lipinski definition) is 2. The molecule has 1 aromatic carbocycles. The zero-order chi connectivity index (χ0) is 20.8. The standard InChI is InChI=1S/C22H26N4O2S/c1-22(2,3)12-24-21(27)20-25-18(17-6-5-9-29-17)19-14-11-15(23)16(28-4)10-13(14)7-8-26(19)20/h5-6,9-11H,7-8,12,23H2,1-4H3,(H,24,27). The summed E-state index contributed by atoms with van der Waals surface area (Å²) < 4.78 is 7.43. The summed E-state index contributed by atoms with van der Waals surface area (Å²) in [4.78, 5) is 18.8. The number of nitrogen functional groups attached to an aromatic ring is 1. The zero-order valence-electron chi connectivity index (χ0n) is 17.2. The van der Waals surface area contributed by atoms with Gasteiger partial charge in [-0.3, -0.25) is 4.79 Å². The van der Waals surface area contributed by atoms with Gasteiger partial charge in [0, 0.05) is 18.7 Å². The third-order valence-electron chi connectivity index (χ3n) is 5.02. The van der Waals surface area contributed by atoms with Crippen molar-refractivity contribution in [2.45, 2.75) is 33.7 Å². The van der Waals surface area contributed by atoms with E-state index in [1.807, 2.05) is 34.2 Å². The minimum atomic E-state index is -0.145. The van der Waals surface area contributed by atoms with E-state index in [2.05, 4.69) is 26.1 Å². The number of thiophene rings is 1. The molecule has 3 aromatic rings. The van der Waals surface area contributed by atoms with Gasteiger partial charge in [0.1, 0.15) is 11.4 Å². The van der Waals surface area contributed by atoms with Crippen molar-refractivity contribution >= 4 is 22.9 Å². The van der Waals surface area contributed by atoms with Crippen molar-refractivity contribution < 1.29 is 9.53 Å². The first-order chi connectivity index (χ1) is 13.8. The fourth-order valence-corrected chi connectivity index (χ4v) is 4.32. The van der Waals surface area contributed by atoms with Crippen LogP contribution in [-0.2, 0) is 13.0 Å². The lowest BCUT2D eigenvalue weighted by Crippen LogP contribution is -2.34. The molecule has 0 aliphatic carbocycles. The van der Waals surface area contributed by atoms with Gasteiger partial charge in [0.25, 0.3) is 5.91 Å². The van der Waals surface area contributed by atoms with Gasteiger partial charge in [-0.1, -0.05) is 26.8 Å². The summed E-state index contributed by atoms with van der Waals surface area (Å²) in [6.45, 7) is 7.56. The number of aryl methyl sites for hydroxylation is 1. The molecule has 0 fully saturated rings. The van der Waals surface area contributed by atoms with Gasteiger partial charge in [0.05, 0.1) is 23.4 Å². The molecule has 2 aromatic heterocycles. The van der Waals surface area contributed by atoms with Crippen LogP contribution in [0.25, 0.3) is 21.8 Å². The Kier molecular flexibility index (Phi) is 4.86. The second-order valence-corrected chi connectivity index (χ2v) is 9.45. The van der Waals surface area contributed by atoms with E-state index in [-0.39, 0.29) is 11.3 Å². The van der Waals surface area contributed by atoms with E-state index in [9.17, 15) is 4.79 Å². The fourth-order valence-electron chi connectivity index (χ4n) is 3.60. The molecule has 6 nitrogen and oxygen atoms in total. The fraction of sp³-hybridized carbons (Fsp3) is 0.364. The average molecular weight is 411 g/mol. The molecule has 0 bridgehead atoms. The molecule has 3 heterocycles. The maximum Gasteiger partial charge on any atom is 0.287 e. The van der Waals surface area contributed by atoms with Crippen LogP contribution >= 0.6 is 11.3 Å². The van der Waals surface area contributed by atoms with Gasteiger partial charge in [0.2, 0.25) is 0 Å². The van der Waals surface area contributed by atoms with Crippen LogP contribution in [0.15, 0.2) is 29.6 Å². The molecule has 0 radical (unpaired) electrons. The number of methoxy groups -OCH3 is 1. The van der Waals surface area contributed by atoms with Crippen molar-refractivity contribution in [3.63, 3.8) is 0 Å². The number of nitrogens with two attached hydrogens (primary N) is 1. The number of benzene rings is 1. The number of nitrogens with zero attached hydrogens (tertiary/aromatic N) is 2. The zero-order valence-corrected chi connectivity index (χ0v) is 18.0. The number of carbonyl (C=O) groups excluding carboxylic acids is 1. The number of rotatable bonds is 4. The summed E-state index contributed by atoms with van der Waals surface area (Å²) in [5.41, 5.74) is 10.7. The Labute approximate surface area is 174 Å². The Balaban J connectivity index is 1.85. The van der Waals surface area contributed by atoms with Crippen molar-refractivity contribution in [1.29, 1.82) is 0 Å². The van der Waals surface area contributed by atoms with Crippen LogP contribution in [0.2, 0.25) is 0 Å². The van der Waals surface area contributed by atoms with Crippen LogP contribution in [0.5, 0.6) is 5.75 Å². The number of nitrogens with one attached hydrogen (secondary N) is 1. The van der Waals surface area contributed by atoms with Crippen molar-refractivity contribution in [3.8, 4) is 27.6 Å². The van der Waals surface area contributed by atoms with Crippen molar-refractivity contribution in [3.05, 3.63) is 41.0 Å². The summed E-state index contributed by atoms with van der Waals surface area (Å²) in [7, 11) is 1.62. The van der Waals surface area contributed by atoms with Crippen molar-refractivity contribution in [2.75, 3.05) is 19.4 Å².